The SMILES string of the molecule is CC(O)c1cc2cnc(Nc3ccc(N4CCNCCC4=O)cn3)nc2c(N2CCCCC2)n1. The molecule has 3 aromatic rings. The number of pyridine rings is 2. The van der Waals surface area contributed by atoms with E-state index in [4.69, 9.17) is 9.97 Å². The van der Waals surface area contributed by atoms with Gasteiger partial charge in [0.05, 0.1) is 23.7 Å². The third-order valence-corrected chi connectivity index (χ3v) is 6.28. The first-order valence-corrected chi connectivity index (χ1v) is 11.9. The molecule has 0 aromatic carbocycles. The van der Waals surface area contributed by atoms with Crippen LogP contribution in [0.5, 0.6) is 0 Å². The van der Waals surface area contributed by atoms with Crippen LogP contribution in [0.1, 0.15) is 44.4 Å². The molecular weight excluding hydrogens is 432 g/mol. The average Bonchev–Trinajstić information content (AvgIpc) is 3.08. The monoisotopic (exact) mass is 462 g/mol. The van der Waals surface area contributed by atoms with Crippen LogP contribution >= 0.6 is 0 Å². The Balaban J connectivity index is 1.41. The Bertz CT molecular complexity index is 1160. The van der Waals surface area contributed by atoms with Gasteiger partial charge in [0.1, 0.15) is 11.3 Å². The number of rotatable bonds is 5. The van der Waals surface area contributed by atoms with Gasteiger partial charge < -0.3 is 25.5 Å². The Morgan fingerprint density at radius 1 is 1.06 bits per heavy atom. The average molecular weight is 463 g/mol. The van der Waals surface area contributed by atoms with E-state index in [1.165, 1.54) is 6.42 Å². The largest absolute Gasteiger partial charge is 0.387 e. The molecule has 2 aliphatic heterocycles. The van der Waals surface area contributed by atoms with Crippen LogP contribution in [0, 0.1) is 0 Å². The lowest BCUT2D eigenvalue weighted by Gasteiger charge is -2.29. The summed E-state index contributed by atoms with van der Waals surface area (Å²) in [6.07, 6.45) is 6.71. The maximum absolute atomic E-state index is 12.3. The van der Waals surface area contributed by atoms with Gasteiger partial charge in [-0.3, -0.25) is 4.79 Å². The minimum Gasteiger partial charge on any atom is -0.387 e. The lowest BCUT2D eigenvalue weighted by molar-refractivity contribution is -0.118. The smallest absolute Gasteiger partial charge is 0.229 e. The fourth-order valence-corrected chi connectivity index (χ4v) is 4.42. The highest BCUT2D eigenvalue weighted by atomic mass is 16.3. The maximum atomic E-state index is 12.3. The van der Waals surface area contributed by atoms with E-state index in [1.54, 1.807) is 24.2 Å². The van der Waals surface area contributed by atoms with Gasteiger partial charge in [-0.25, -0.2) is 19.9 Å². The van der Waals surface area contributed by atoms with Gasteiger partial charge in [0.2, 0.25) is 11.9 Å². The molecule has 10 nitrogen and oxygen atoms in total. The number of amides is 1. The fraction of sp³-hybridized carbons (Fsp3) is 0.458. The summed E-state index contributed by atoms with van der Waals surface area (Å²) in [4.78, 5) is 34.8. The molecule has 10 heteroatoms. The number of fused-ring (bicyclic) bond motifs is 1. The van der Waals surface area contributed by atoms with Crippen LogP contribution in [0.2, 0.25) is 0 Å². The predicted molar refractivity (Wildman–Crippen MR) is 131 cm³/mol. The van der Waals surface area contributed by atoms with Crippen LogP contribution in [-0.4, -0.2) is 63.7 Å². The van der Waals surface area contributed by atoms with Crippen LogP contribution in [0.25, 0.3) is 10.9 Å². The summed E-state index contributed by atoms with van der Waals surface area (Å²) in [6.45, 7) is 5.66. The third-order valence-electron chi connectivity index (χ3n) is 6.28. The van der Waals surface area contributed by atoms with Crippen LogP contribution in [-0.2, 0) is 4.79 Å². The minimum atomic E-state index is -0.666. The first kappa shape index (κ1) is 22.4. The van der Waals surface area contributed by atoms with Crippen molar-refractivity contribution >= 4 is 40.1 Å². The molecule has 0 aliphatic carbocycles. The zero-order valence-electron chi connectivity index (χ0n) is 19.4. The number of aromatic nitrogens is 4. The van der Waals surface area contributed by atoms with E-state index in [0.717, 1.165) is 54.9 Å². The van der Waals surface area contributed by atoms with Gasteiger partial charge in [0.25, 0.3) is 0 Å². The molecule has 0 saturated carbocycles. The van der Waals surface area contributed by atoms with Crippen molar-refractivity contribution in [1.29, 1.82) is 0 Å². The van der Waals surface area contributed by atoms with Crippen molar-refractivity contribution in [3.8, 4) is 0 Å². The molecule has 5 heterocycles. The van der Waals surface area contributed by atoms with Crippen molar-refractivity contribution in [2.45, 2.75) is 38.7 Å². The summed E-state index contributed by atoms with van der Waals surface area (Å²) < 4.78 is 0. The Kier molecular flexibility index (Phi) is 6.50. The topological polar surface area (TPSA) is 119 Å². The molecule has 1 amide bonds. The number of aliphatic hydroxyl groups excluding tert-OH is 1. The third kappa shape index (κ3) is 4.78. The van der Waals surface area contributed by atoms with Crippen molar-refractivity contribution in [3.05, 3.63) is 36.3 Å². The quantitative estimate of drug-likeness (QED) is 0.525. The summed E-state index contributed by atoms with van der Waals surface area (Å²) in [5.74, 6) is 1.90. The molecule has 0 spiro atoms. The molecular formula is C24H30N8O2. The summed E-state index contributed by atoms with van der Waals surface area (Å²) in [7, 11) is 0. The summed E-state index contributed by atoms with van der Waals surface area (Å²) in [5.41, 5.74) is 2.15. The Labute approximate surface area is 198 Å². The van der Waals surface area contributed by atoms with E-state index in [0.29, 0.717) is 37.0 Å². The molecule has 178 valence electrons. The van der Waals surface area contributed by atoms with E-state index in [9.17, 15) is 9.90 Å². The second-order valence-electron chi connectivity index (χ2n) is 8.80. The minimum absolute atomic E-state index is 0.0969. The van der Waals surface area contributed by atoms with Crippen molar-refractivity contribution in [1.82, 2.24) is 25.3 Å². The number of anilines is 4. The Hall–Kier alpha value is -3.37. The van der Waals surface area contributed by atoms with Gasteiger partial charge in [0, 0.05) is 50.7 Å². The second-order valence-corrected chi connectivity index (χ2v) is 8.80. The van der Waals surface area contributed by atoms with Crippen LogP contribution in [0.3, 0.4) is 0 Å². The Morgan fingerprint density at radius 2 is 1.91 bits per heavy atom. The van der Waals surface area contributed by atoms with Gasteiger partial charge in [-0.2, -0.15) is 0 Å². The lowest BCUT2D eigenvalue weighted by Crippen LogP contribution is -2.32. The number of carbonyl (C=O) groups is 1. The standard InChI is InChI=1S/C24H30N8O2/c1-16(33)19-13-17-14-27-24(30-22(17)23(28-19)31-10-3-2-4-11-31)29-20-6-5-18(15-26-20)32-12-9-25-8-7-21(32)34/h5-6,13-16,25,33H,2-4,7-12H2,1H3,(H,26,27,29,30). The molecule has 1 unspecified atom stereocenters. The number of nitrogens with one attached hydrogen (secondary N) is 2. The van der Waals surface area contributed by atoms with Crippen molar-refractivity contribution in [2.75, 3.05) is 47.8 Å². The van der Waals surface area contributed by atoms with E-state index in [1.807, 2.05) is 18.2 Å². The number of aliphatic hydroxyl groups is 1. The van der Waals surface area contributed by atoms with Crippen molar-refractivity contribution in [3.63, 3.8) is 0 Å². The molecule has 0 bridgehead atoms. The van der Waals surface area contributed by atoms with Crippen LogP contribution in [0.15, 0.2) is 30.6 Å². The van der Waals surface area contributed by atoms with Crippen molar-refractivity contribution in [2.24, 2.45) is 0 Å². The van der Waals surface area contributed by atoms with Gasteiger partial charge in [-0.05, 0) is 44.4 Å². The highest BCUT2D eigenvalue weighted by molar-refractivity contribution is 5.93. The first-order chi connectivity index (χ1) is 16.6. The van der Waals surface area contributed by atoms with Gasteiger partial charge in [-0.15, -0.1) is 0 Å². The number of piperidine rings is 1. The fourth-order valence-electron chi connectivity index (χ4n) is 4.42. The van der Waals surface area contributed by atoms with Crippen molar-refractivity contribution < 1.29 is 9.90 Å². The van der Waals surface area contributed by atoms with Gasteiger partial charge in [-0.1, -0.05) is 0 Å². The number of nitrogens with zero attached hydrogens (tertiary/aromatic N) is 6. The normalized spacial score (nSPS) is 18.1. The zero-order chi connectivity index (χ0) is 23.5. The summed E-state index contributed by atoms with van der Waals surface area (Å²) in [5, 5.41) is 17.4. The number of hydrogen-bond donors (Lipinski definition) is 3. The first-order valence-electron chi connectivity index (χ1n) is 11.9. The number of carbonyl (C=O) groups excluding carboxylic acids is 1. The lowest BCUT2D eigenvalue weighted by atomic mass is 10.1. The highest BCUT2D eigenvalue weighted by Crippen LogP contribution is 2.29. The molecule has 3 aromatic heterocycles. The zero-order valence-corrected chi connectivity index (χ0v) is 19.4. The summed E-state index contributed by atoms with van der Waals surface area (Å²) >= 11 is 0. The molecule has 1 atom stereocenters. The van der Waals surface area contributed by atoms with Crippen LogP contribution in [0.4, 0.5) is 23.3 Å². The van der Waals surface area contributed by atoms with Gasteiger partial charge in [0.15, 0.2) is 5.82 Å². The molecule has 2 saturated heterocycles. The molecule has 2 aliphatic rings. The van der Waals surface area contributed by atoms with Gasteiger partial charge >= 0.3 is 0 Å². The molecule has 5 rings (SSSR count). The van der Waals surface area contributed by atoms with E-state index in [-0.39, 0.29) is 5.91 Å². The second kappa shape index (κ2) is 9.86. The maximum Gasteiger partial charge on any atom is 0.229 e. The molecule has 34 heavy (non-hydrogen) atoms. The highest BCUT2D eigenvalue weighted by Gasteiger charge is 2.20. The van der Waals surface area contributed by atoms with E-state index >= 15 is 0 Å². The molecule has 2 fully saturated rings. The summed E-state index contributed by atoms with van der Waals surface area (Å²) in [6, 6.07) is 5.56. The van der Waals surface area contributed by atoms with Crippen LogP contribution < -0.4 is 20.4 Å². The molecule has 3 N–H and O–H groups in total. The molecule has 0 radical (unpaired) electrons. The Morgan fingerprint density at radius 3 is 2.68 bits per heavy atom. The number of hydrogen-bond acceptors (Lipinski definition) is 9. The predicted octanol–water partition coefficient (Wildman–Crippen LogP) is 2.53. The van der Waals surface area contributed by atoms with E-state index in [2.05, 4.69) is 25.5 Å². The van der Waals surface area contributed by atoms with E-state index < -0.39 is 6.10 Å².